The van der Waals surface area contributed by atoms with Crippen molar-refractivity contribution in [2.45, 2.75) is 19.9 Å². The Hall–Kier alpha value is -3.32. The molecule has 8 heteroatoms. The van der Waals surface area contributed by atoms with Gasteiger partial charge in [-0.3, -0.25) is 9.59 Å². The molecule has 2 aromatic carbocycles. The van der Waals surface area contributed by atoms with Gasteiger partial charge in [-0.25, -0.2) is 4.79 Å². The lowest BCUT2D eigenvalue weighted by Gasteiger charge is -2.28. The maximum Gasteiger partial charge on any atom is 0.319 e. The lowest BCUT2D eigenvalue weighted by Crippen LogP contribution is -2.45. The van der Waals surface area contributed by atoms with E-state index in [0.717, 1.165) is 0 Å². The quantitative estimate of drug-likeness (QED) is 0.633. The summed E-state index contributed by atoms with van der Waals surface area (Å²) in [6.45, 7) is 3.09. The predicted molar refractivity (Wildman–Crippen MR) is 108 cm³/mol. The molecule has 0 radical (unpaired) electrons. The number of anilines is 2. The van der Waals surface area contributed by atoms with Gasteiger partial charge in [-0.1, -0.05) is 29.8 Å². The van der Waals surface area contributed by atoms with Gasteiger partial charge < -0.3 is 21.3 Å². The minimum atomic E-state index is -0.640. The molecule has 1 aliphatic heterocycles. The molecule has 0 fully saturated rings. The van der Waals surface area contributed by atoms with E-state index in [0.29, 0.717) is 33.2 Å². The van der Waals surface area contributed by atoms with E-state index in [-0.39, 0.29) is 11.8 Å². The van der Waals surface area contributed by atoms with E-state index in [4.69, 9.17) is 11.6 Å². The molecule has 144 valence electrons. The van der Waals surface area contributed by atoms with Crippen LogP contribution >= 0.6 is 11.6 Å². The largest absolute Gasteiger partial charge is 0.327 e. The molecule has 2 aromatic rings. The molecular weight excluding hydrogens is 380 g/mol. The Kier molecular flexibility index (Phi) is 5.65. The topological polar surface area (TPSA) is 99.3 Å². The Morgan fingerprint density at radius 1 is 1.04 bits per heavy atom. The van der Waals surface area contributed by atoms with Crippen LogP contribution in [0.1, 0.15) is 25.5 Å². The number of carbonyl (C=O) groups excluding carboxylic acids is 3. The molecule has 7 nitrogen and oxygen atoms in total. The van der Waals surface area contributed by atoms with Gasteiger partial charge in [0.2, 0.25) is 5.91 Å². The first-order valence-electron chi connectivity index (χ1n) is 8.56. The van der Waals surface area contributed by atoms with Crippen LogP contribution in [0.5, 0.6) is 0 Å². The SMILES string of the molecule is CC(=O)Nc1ccc([C@H]2NC(=O)NC(C)=C2C(=O)Nc2cccc(Cl)c2)cc1. The van der Waals surface area contributed by atoms with Crippen molar-refractivity contribution >= 4 is 40.8 Å². The van der Waals surface area contributed by atoms with Crippen LogP contribution in [-0.2, 0) is 9.59 Å². The summed E-state index contributed by atoms with van der Waals surface area (Å²) in [7, 11) is 0. The van der Waals surface area contributed by atoms with Gasteiger partial charge in [0.05, 0.1) is 11.6 Å². The van der Waals surface area contributed by atoms with Crippen LogP contribution in [0, 0.1) is 0 Å². The number of halogens is 1. The zero-order valence-electron chi connectivity index (χ0n) is 15.3. The van der Waals surface area contributed by atoms with Crippen molar-refractivity contribution in [2.24, 2.45) is 0 Å². The molecule has 0 spiro atoms. The number of benzene rings is 2. The second-order valence-corrected chi connectivity index (χ2v) is 6.77. The molecule has 0 saturated heterocycles. The molecule has 0 aliphatic carbocycles. The van der Waals surface area contributed by atoms with E-state index >= 15 is 0 Å². The fourth-order valence-electron chi connectivity index (χ4n) is 2.97. The Morgan fingerprint density at radius 2 is 1.75 bits per heavy atom. The molecule has 4 N–H and O–H groups in total. The number of hydrogen-bond donors (Lipinski definition) is 4. The Bertz CT molecular complexity index is 970. The smallest absolute Gasteiger partial charge is 0.319 e. The highest BCUT2D eigenvalue weighted by Gasteiger charge is 2.31. The average molecular weight is 399 g/mol. The Labute approximate surface area is 167 Å². The molecule has 3 rings (SSSR count). The molecule has 0 bridgehead atoms. The van der Waals surface area contributed by atoms with Gasteiger partial charge in [-0.2, -0.15) is 0 Å². The maximum atomic E-state index is 12.9. The fourth-order valence-corrected chi connectivity index (χ4v) is 3.16. The van der Waals surface area contributed by atoms with Gasteiger partial charge in [0, 0.05) is 29.0 Å². The molecule has 28 heavy (non-hydrogen) atoms. The highest BCUT2D eigenvalue weighted by atomic mass is 35.5. The van der Waals surface area contributed by atoms with Gasteiger partial charge in [0.1, 0.15) is 0 Å². The second kappa shape index (κ2) is 8.14. The summed E-state index contributed by atoms with van der Waals surface area (Å²) < 4.78 is 0. The molecular formula is C20H19ClN4O3. The highest BCUT2D eigenvalue weighted by molar-refractivity contribution is 6.31. The first kappa shape index (κ1) is 19.4. The monoisotopic (exact) mass is 398 g/mol. The van der Waals surface area contributed by atoms with Gasteiger partial charge >= 0.3 is 6.03 Å². The Morgan fingerprint density at radius 3 is 2.39 bits per heavy atom. The first-order chi connectivity index (χ1) is 13.3. The van der Waals surface area contributed by atoms with E-state index < -0.39 is 12.1 Å². The minimum absolute atomic E-state index is 0.180. The summed E-state index contributed by atoms with van der Waals surface area (Å²) in [5, 5.41) is 11.4. The Balaban J connectivity index is 1.90. The third kappa shape index (κ3) is 4.50. The van der Waals surface area contributed by atoms with Crippen molar-refractivity contribution in [3.63, 3.8) is 0 Å². The van der Waals surface area contributed by atoms with Crippen LogP contribution in [0.2, 0.25) is 5.02 Å². The van der Waals surface area contributed by atoms with Gasteiger partial charge in [-0.05, 0) is 42.8 Å². The van der Waals surface area contributed by atoms with Crippen LogP contribution in [0.3, 0.4) is 0 Å². The summed E-state index contributed by atoms with van der Waals surface area (Å²) in [5.74, 6) is -0.538. The number of rotatable bonds is 4. The van der Waals surface area contributed by atoms with Crippen LogP contribution in [0.4, 0.5) is 16.2 Å². The highest BCUT2D eigenvalue weighted by Crippen LogP contribution is 2.29. The third-order valence-electron chi connectivity index (χ3n) is 4.16. The van der Waals surface area contributed by atoms with E-state index in [1.807, 2.05) is 0 Å². The summed E-state index contributed by atoms with van der Waals surface area (Å²) in [6.07, 6.45) is 0. The van der Waals surface area contributed by atoms with E-state index in [9.17, 15) is 14.4 Å². The third-order valence-corrected chi connectivity index (χ3v) is 4.40. The van der Waals surface area contributed by atoms with Crippen LogP contribution < -0.4 is 21.3 Å². The molecule has 1 aliphatic rings. The minimum Gasteiger partial charge on any atom is -0.327 e. The molecule has 0 saturated carbocycles. The van der Waals surface area contributed by atoms with Gasteiger partial charge in [0.25, 0.3) is 5.91 Å². The molecule has 0 aromatic heterocycles. The number of hydrogen-bond acceptors (Lipinski definition) is 3. The molecule has 1 atom stereocenters. The summed E-state index contributed by atoms with van der Waals surface area (Å²) >= 11 is 5.97. The average Bonchev–Trinajstić information content (AvgIpc) is 2.61. The standard InChI is InChI=1S/C20H19ClN4O3/c1-11-17(19(27)24-16-5-3-4-14(21)10-16)18(25-20(28)22-11)13-6-8-15(9-7-13)23-12(2)26/h3-10,18H,1-2H3,(H,23,26)(H,24,27)(H2,22,25,28)/t18-/m1/s1. The maximum absolute atomic E-state index is 12.9. The van der Waals surface area contributed by atoms with Gasteiger partial charge in [0.15, 0.2) is 0 Å². The normalized spacial score (nSPS) is 16.1. The number of carbonyl (C=O) groups is 3. The van der Waals surface area contributed by atoms with Crippen molar-refractivity contribution in [1.82, 2.24) is 10.6 Å². The van der Waals surface area contributed by atoms with Crippen molar-refractivity contribution in [3.8, 4) is 0 Å². The molecule has 0 unspecified atom stereocenters. The zero-order valence-corrected chi connectivity index (χ0v) is 16.1. The second-order valence-electron chi connectivity index (χ2n) is 6.34. The van der Waals surface area contributed by atoms with E-state index in [2.05, 4.69) is 21.3 Å². The van der Waals surface area contributed by atoms with E-state index in [1.165, 1.54) is 6.92 Å². The molecule has 1 heterocycles. The van der Waals surface area contributed by atoms with Crippen molar-refractivity contribution in [2.75, 3.05) is 10.6 Å². The van der Waals surface area contributed by atoms with Crippen molar-refractivity contribution < 1.29 is 14.4 Å². The summed E-state index contributed by atoms with van der Waals surface area (Å²) in [6, 6.07) is 12.7. The van der Waals surface area contributed by atoms with Crippen LogP contribution in [0.25, 0.3) is 0 Å². The predicted octanol–water partition coefficient (Wildman–Crippen LogP) is 3.57. The zero-order chi connectivity index (χ0) is 20.3. The molecule has 4 amide bonds. The van der Waals surface area contributed by atoms with Crippen molar-refractivity contribution in [1.29, 1.82) is 0 Å². The van der Waals surface area contributed by atoms with Gasteiger partial charge in [-0.15, -0.1) is 0 Å². The first-order valence-corrected chi connectivity index (χ1v) is 8.94. The lowest BCUT2D eigenvalue weighted by atomic mass is 9.94. The number of amides is 4. The summed E-state index contributed by atoms with van der Waals surface area (Å²) in [5.41, 5.74) is 2.72. The fraction of sp³-hybridized carbons (Fsp3) is 0.150. The number of nitrogens with one attached hydrogen (secondary N) is 4. The van der Waals surface area contributed by atoms with E-state index in [1.54, 1.807) is 55.5 Å². The van der Waals surface area contributed by atoms with Crippen molar-refractivity contribution in [3.05, 3.63) is 70.4 Å². The van der Waals surface area contributed by atoms with Crippen LogP contribution in [-0.4, -0.2) is 17.8 Å². The number of allylic oxidation sites excluding steroid dienone is 1. The summed E-state index contributed by atoms with van der Waals surface area (Å²) in [4.78, 5) is 36.1. The number of urea groups is 1. The van der Waals surface area contributed by atoms with Crippen LogP contribution in [0.15, 0.2) is 59.8 Å². The lowest BCUT2D eigenvalue weighted by molar-refractivity contribution is -0.114.